The van der Waals surface area contributed by atoms with E-state index in [1.807, 2.05) is 13.0 Å². The van der Waals surface area contributed by atoms with E-state index in [0.717, 1.165) is 23.6 Å². The Labute approximate surface area is 107 Å². The van der Waals surface area contributed by atoms with Crippen molar-refractivity contribution in [3.8, 4) is 0 Å². The zero-order valence-corrected chi connectivity index (χ0v) is 10.5. The highest BCUT2D eigenvalue weighted by atomic mass is 15.0. The van der Waals surface area contributed by atoms with Gasteiger partial charge in [-0.3, -0.25) is 9.97 Å². The van der Waals surface area contributed by atoms with E-state index in [4.69, 9.17) is 0 Å². The molecule has 4 nitrogen and oxygen atoms in total. The van der Waals surface area contributed by atoms with Gasteiger partial charge in [0, 0.05) is 11.9 Å². The van der Waals surface area contributed by atoms with Crippen LogP contribution in [0.25, 0.3) is 0 Å². The number of nitrogens with zero attached hydrogens (tertiary/aromatic N) is 3. The van der Waals surface area contributed by atoms with Crippen molar-refractivity contribution in [2.75, 3.05) is 5.32 Å². The number of hydrogen-bond acceptors (Lipinski definition) is 4. The highest BCUT2D eigenvalue weighted by molar-refractivity contribution is 5.40. The third kappa shape index (κ3) is 2.32. The molecule has 2 aromatic heterocycles. The molecular weight excluding hydrogens is 224 g/mol. The van der Waals surface area contributed by atoms with Crippen LogP contribution in [0.4, 0.5) is 5.82 Å². The number of aryl methyl sites for hydroxylation is 3. The van der Waals surface area contributed by atoms with Crippen molar-refractivity contribution in [1.29, 1.82) is 0 Å². The van der Waals surface area contributed by atoms with Crippen LogP contribution in [0.1, 0.15) is 29.1 Å². The van der Waals surface area contributed by atoms with E-state index >= 15 is 0 Å². The Morgan fingerprint density at radius 2 is 2.11 bits per heavy atom. The molecule has 0 aliphatic heterocycles. The average Bonchev–Trinajstić information content (AvgIpc) is 2.85. The summed E-state index contributed by atoms with van der Waals surface area (Å²) in [6.07, 6.45) is 7.10. The van der Waals surface area contributed by atoms with E-state index in [2.05, 4.69) is 26.3 Å². The van der Waals surface area contributed by atoms with Crippen LogP contribution in [-0.2, 0) is 19.4 Å². The Morgan fingerprint density at radius 3 is 2.94 bits per heavy atom. The second-order valence-corrected chi connectivity index (χ2v) is 4.66. The fourth-order valence-corrected chi connectivity index (χ4v) is 2.21. The Balaban J connectivity index is 1.68. The van der Waals surface area contributed by atoms with Crippen molar-refractivity contribution in [3.63, 3.8) is 0 Å². The monoisotopic (exact) mass is 240 g/mol. The largest absolute Gasteiger partial charge is 0.364 e. The normalized spacial score (nSPS) is 13.4. The van der Waals surface area contributed by atoms with Gasteiger partial charge in [-0.25, -0.2) is 4.98 Å². The summed E-state index contributed by atoms with van der Waals surface area (Å²) in [4.78, 5) is 13.2. The molecule has 0 aromatic carbocycles. The number of aromatic nitrogens is 3. The molecule has 0 atom stereocenters. The molecule has 1 N–H and O–H groups in total. The van der Waals surface area contributed by atoms with Gasteiger partial charge in [-0.05, 0) is 37.8 Å². The van der Waals surface area contributed by atoms with Crippen molar-refractivity contribution in [2.24, 2.45) is 0 Å². The molecule has 0 radical (unpaired) electrons. The fraction of sp³-hybridized carbons (Fsp3) is 0.357. The number of pyridine rings is 1. The van der Waals surface area contributed by atoms with Crippen LogP contribution in [0, 0.1) is 6.92 Å². The standard InChI is InChI=1S/C14H16N4/c1-10-7-16-12(8-15-10)9-17-14-6-5-11-3-2-4-13(11)18-14/h5-8H,2-4,9H2,1H3,(H,17,18). The Bertz CT molecular complexity index is 548. The van der Waals surface area contributed by atoms with Crippen molar-refractivity contribution in [1.82, 2.24) is 15.0 Å². The van der Waals surface area contributed by atoms with Gasteiger partial charge in [-0.2, -0.15) is 0 Å². The molecule has 0 fully saturated rings. The zero-order valence-electron chi connectivity index (χ0n) is 10.5. The van der Waals surface area contributed by atoms with Gasteiger partial charge in [0.2, 0.25) is 0 Å². The lowest BCUT2D eigenvalue weighted by molar-refractivity contribution is 0.898. The van der Waals surface area contributed by atoms with E-state index in [1.165, 1.54) is 24.1 Å². The lowest BCUT2D eigenvalue weighted by Gasteiger charge is -2.07. The number of nitrogens with one attached hydrogen (secondary N) is 1. The summed E-state index contributed by atoms with van der Waals surface area (Å²) in [7, 11) is 0. The highest BCUT2D eigenvalue weighted by Gasteiger charge is 2.12. The third-order valence-electron chi connectivity index (χ3n) is 3.21. The maximum absolute atomic E-state index is 4.63. The Morgan fingerprint density at radius 1 is 1.17 bits per heavy atom. The van der Waals surface area contributed by atoms with Gasteiger partial charge in [-0.1, -0.05) is 6.07 Å². The van der Waals surface area contributed by atoms with E-state index < -0.39 is 0 Å². The molecule has 1 aliphatic rings. The summed E-state index contributed by atoms with van der Waals surface area (Å²) in [6, 6.07) is 4.23. The molecule has 0 saturated carbocycles. The molecule has 0 saturated heterocycles. The topological polar surface area (TPSA) is 50.7 Å². The van der Waals surface area contributed by atoms with Crippen LogP contribution in [0.5, 0.6) is 0 Å². The number of rotatable bonds is 3. The quantitative estimate of drug-likeness (QED) is 0.894. The van der Waals surface area contributed by atoms with Crippen LogP contribution < -0.4 is 5.32 Å². The molecule has 92 valence electrons. The van der Waals surface area contributed by atoms with Crippen molar-refractivity contribution in [2.45, 2.75) is 32.7 Å². The highest BCUT2D eigenvalue weighted by Crippen LogP contribution is 2.21. The van der Waals surface area contributed by atoms with Gasteiger partial charge in [-0.15, -0.1) is 0 Å². The molecule has 3 rings (SSSR count). The minimum absolute atomic E-state index is 0.666. The summed E-state index contributed by atoms with van der Waals surface area (Å²) >= 11 is 0. The zero-order chi connectivity index (χ0) is 12.4. The molecule has 2 aromatic rings. The smallest absolute Gasteiger partial charge is 0.126 e. The first-order chi connectivity index (χ1) is 8.81. The molecule has 0 bridgehead atoms. The van der Waals surface area contributed by atoms with Crippen LogP contribution in [0.15, 0.2) is 24.5 Å². The second-order valence-electron chi connectivity index (χ2n) is 4.66. The molecule has 4 heteroatoms. The van der Waals surface area contributed by atoms with E-state index in [1.54, 1.807) is 12.4 Å². The SMILES string of the molecule is Cc1cnc(CNc2ccc3c(n2)CCC3)cn1. The molecule has 0 unspecified atom stereocenters. The summed E-state index contributed by atoms with van der Waals surface area (Å²) in [5.74, 6) is 0.929. The summed E-state index contributed by atoms with van der Waals surface area (Å²) < 4.78 is 0. The van der Waals surface area contributed by atoms with Crippen LogP contribution in [0.3, 0.4) is 0 Å². The third-order valence-corrected chi connectivity index (χ3v) is 3.21. The Kier molecular flexibility index (Phi) is 2.92. The summed E-state index contributed by atoms with van der Waals surface area (Å²) in [6.45, 7) is 2.60. The molecule has 0 amide bonds. The van der Waals surface area contributed by atoms with E-state index in [0.29, 0.717) is 6.54 Å². The number of hydrogen-bond donors (Lipinski definition) is 1. The minimum atomic E-state index is 0.666. The number of fused-ring (bicyclic) bond motifs is 1. The molecule has 18 heavy (non-hydrogen) atoms. The lowest BCUT2D eigenvalue weighted by Crippen LogP contribution is -2.05. The first-order valence-electron chi connectivity index (χ1n) is 6.31. The van der Waals surface area contributed by atoms with Crippen LogP contribution >= 0.6 is 0 Å². The van der Waals surface area contributed by atoms with Gasteiger partial charge < -0.3 is 5.32 Å². The van der Waals surface area contributed by atoms with Gasteiger partial charge in [0.05, 0.1) is 24.1 Å². The Hall–Kier alpha value is -1.97. The maximum Gasteiger partial charge on any atom is 0.126 e. The average molecular weight is 240 g/mol. The lowest BCUT2D eigenvalue weighted by atomic mass is 10.2. The number of anilines is 1. The van der Waals surface area contributed by atoms with E-state index in [9.17, 15) is 0 Å². The molecule has 0 spiro atoms. The van der Waals surface area contributed by atoms with Gasteiger partial charge in [0.15, 0.2) is 0 Å². The van der Waals surface area contributed by atoms with Crippen LogP contribution in [0.2, 0.25) is 0 Å². The predicted octanol–water partition coefficient (Wildman–Crippen LogP) is 2.28. The second kappa shape index (κ2) is 4.72. The summed E-state index contributed by atoms with van der Waals surface area (Å²) in [5, 5.41) is 3.30. The molecule has 1 aliphatic carbocycles. The van der Waals surface area contributed by atoms with Crippen molar-refractivity contribution < 1.29 is 0 Å². The van der Waals surface area contributed by atoms with Crippen molar-refractivity contribution >= 4 is 5.82 Å². The predicted molar refractivity (Wildman–Crippen MR) is 70.4 cm³/mol. The van der Waals surface area contributed by atoms with Gasteiger partial charge in [0.1, 0.15) is 5.82 Å². The van der Waals surface area contributed by atoms with Gasteiger partial charge in [0.25, 0.3) is 0 Å². The summed E-state index contributed by atoms with van der Waals surface area (Å²) in [5.41, 5.74) is 4.52. The fourth-order valence-electron chi connectivity index (χ4n) is 2.21. The first-order valence-corrected chi connectivity index (χ1v) is 6.31. The van der Waals surface area contributed by atoms with Crippen molar-refractivity contribution in [3.05, 3.63) is 47.2 Å². The van der Waals surface area contributed by atoms with Gasteiger partial charge >= 0.3 is 0 Å². The molecule has 2 heterocycles. The maximum atomic E-state index is 4.63. The van der Waals surface area contributed by atoms with Crippen LogP contribution in [-0.4, -0.2) is 15.0 Å². The first kappa shape index (κ1) is 11.1. The van der Waals surface area contributed by atoms with E-state index in [-0.39, 0.29) is 0 Å². The molecular formula is C14H16N4. The minimum Gasteiger partial charge on any atom is -0.364 e.